The first-order chi connectivity index (χ1) is 10.0. The van der Waals surface area contributed by atoms with Crippen LogP contribution in [0.2, 0.25) is 0 Å². The third-order valence-corrected chi connectivity index (χ3v) is 4.20. The summed E-state index contributed by atoms with van der Waals surface area (Å²) in [6.07, 6.45) is 3.30. The van der Waals surface area contributed by atoms with E-state index in [1.807, 2.05) is 0 Å². The maximum absolute atomic E-state index is 12.8. The molecule has 3 aromatic rings. The van der Waals surface area contributed by atoms with E-state index >= 15 is 0 Å². The number of nitrogens with zero attached hydrogens (tertiary/aromatic N) is 2. The van der Waals surface area contributed by atoms with Gasteiger partial charge in [0, 0.05) is 12.4 Å². The molecule has 0 aliphatic rings. The second kappa shape index (κ2) is 5.17. The van der Waals surface area contributed by atoms with Gasteiger partial charge >= 0.3 is 0 Å². The fraction of sp³-hybridized carbons (Fsp3) is 0.0714. The van der Waals surface area contributed by atoms with Crippen LogP contribution in [-0.4, -0.2) is 18.0 Å². The topological polar surface area (TPSA) is 63.5 Å². The summed E-state index contributed by atoms with van der Waals surface area (Å²) >= 11 is 0. The molecule has 0 aliphatic carbocycles. The lowest BCUT2D eigenvalue weighted by molar-refractivity contribution is 0.600. The molecular formula is C14H12FN3O2S. The molecule has 5 nitrogen and oxygen atoms in total. The van der Waals surface area contributed by atoms with E-state index in [1.54, 1.807) is 35.1 Å². The van der Waals surface area contributed by atoms with Crippen molar-refractivity contribution in [1.29, 1.82) is 0 Å². The Balaban J connectivity index is 1.80. The molecule has 0 bridgehead atoms. The number of benzene rings is 1. The summed E-state index contributed by atoms with van der Waals surface area (Å²) in [7, 11) is -3.55. The zero-order valence-corrected chi connectivity index (χ0v) is 11.7. The van der Waals surface area contributed by atoms with Crippen LogP contribution < -0.4 is 4.72 Å². The number of rotatable bonds is 4. The highest BCUT2D eigenvalue weighted by Gasteiger charge is 2.12. The fourth-order valence-corrected chi connectivity index (χ4v) is 3.19. The number of hydrogen-bond donors (Lipinski definition) is 1. The zero-order valence-electron chi connectivity index (χ0n) is 10.9. The van der Waals surface area contributed by atoms with E-state index in [1.165, 1.54) is 24.3 Å². The Morgan fingerprint density at radius 1 is 1.14 bits per heavy atom. The van der Waals surface area contributed by atoms with Crippen molar-refractivity contribution in [2.45, 2.75) is 5.75 Å². The second-order valence-corrected chi connectivity index (χ2v) is 6.33. The van der Waals surface area contributed by atoms with Crippen LogP contribution in [-0.2, 0) is 15.8 Å². The van der Waals surface area contributed by atoms with Gasteiger partial charge in [-0.25, -0.2) is 17.3 Å². The molecule has 0 fully saturated rings. The molecule has 3 rings (SSSR count). The van der Waals surface area contributed by atoms with Crippen LogP contribution >= 0.6 is 0 Å². The van der Waals surface area contributed by atoms with Crippen molar-refractivity contribution in [3.05, 3.63) is 66.2 Å². The van der Waals surface area contributed by atoms with Crippen molar-refractivity contribution in [1.82, 2.24) is 9.61 Å². The van der Waals surface area contributed by atoms with Crippen LogP contribution in [0.1, 0.15) is 5.56 Å². The maximum Gasteiger partial charge on any atom is 0.236 e. The lowest BCUT2D eigenvalue weighted by atomic mass is 10.2. The highest BCUT2D eigenvalue weighted by Crippen LogP contribution is 2.15. The molecular weight excluding hydrogens is 293 g/mol. The summed E-state index contributed by atoms with van der Waals surface area (Å²) < 4.78 is 41.2. The number of aromatic nitrogens is 2. The summed E-state index contributed by atoms with van der Waals surface area (Å²) in [6.45, 7) is 0. The standard InChI is InChI=1S/C14H12FN3O2S/c15-12-3-1-11(2-4-12)10-21(19,20)17-13-6-8-18-14(9-13)5-7-16-18/h1-9,17H,10H2. The predicted molar refractivity (Wildman–Crippen MR) is 77.8 cm³/mol. The predicted octanol–water partition coefficient (Wildman–Crippen LogP) is 2.42. The molecule has 7 heteroatoms. The summed E-state index contributed by atoms with van der Waals surface area (Å²) in [5.74, 6) is -0.604. The van der Waals surface area contributed by atoms with Crippen LogP contribution in [0.3, 0.4) is 0 Å². The van der Waals surface area contributed by atoms with Crippen LogP contribution in [0.25, 0.3) is 5.52 Å². The van der Waals surface area contributed by atoms with Crippen molar-refractivity contribution >= 4 is 21.2 Å². The van der Waals surface area contributed by atoms with Gasteiger partial charge in [-0.3, -0.25) is 4.72 Å². The number of pyridine rings is 1. The minimum Gasteiger partial charge on any atom is -0.283 e. The maximum atomic E-state index is 12.8. The van der Waals surface area contributed by atoms with Gasteiger partial charge in [0.15, 0.2) is 0 Å². The molecule has 21 heavy (non-hydrogen) atoms. The second-order valence-electron chi connectivity index (χ2n) is 4.60. The highest BCUT2D eigenvalue weighted by atomic mass is 32.2. The van der Waals surface area contributed by atoms with Gasteiger partial charge in [-0.05, 0) is 35.9 Å². The Kier molecular flexibility index (Phi) is 3.34. The van der Waals surface area contributed by atoms with Gasteiger partial charge in [0.05, 0.1) is 17.0 Å². The van der Waals surface area contributed by atoms with Gasteiger partial charge in [0.1, 0.15) is 5.82 Å². The van der Waals surface area contributed by atoms with Crippen molar-refractivity contribution in [3.8, 4) is 0 Å². The number of nitrogens with one attached hydrogen (secondary N) is 1. The van der Waals surface area contributed by atoms with Crippen molar-refractivity contribution < 1.29 is 12.8 Å². The molecule has 0 saturated heterocycles. The van der Waals surface area contributed by atoms with E-state index in [4.69, 9.17) is 0 Å². The van der Waals surface area contributed by atoms with E-state index < -0.39 is 15.8 Å². The molecule has 1 N–H and O–H groups in total. The first-order valence-corrected chi connectivity index (χ1v) is 7.85. The molecule has 0 radical (unpaired) electrons. The Labute approximate surface area is 121 Å². The molecule has 0 amide bonds. The minimum atomic E-state index is -3.55. The van der Waals surface area contributed by atoms with Gasteiger partial charge in [-0.1, -0.05) is 12.1 Å². The van der Waals surface area contributed by atoms with Crippen LogP contribution in [0.5, 0.6) is 0 Å². The molecule has 108 valence electrons. The third kappa shape index (κ3) is 3.19. The van der Waals surface area contributed by atoms with Crippen molar-refractivity contribution in [2.24, 2.45) is 0 Å². The van der Waals surface area contributed by atoms with Gasteiger partial charge in [-0.15, -0.1) is 0 Å². The summed E-state index contributed by atoms with van der Waals surface area (Å²) in [4.78, 5) is 0. The normalized spacial score (nSPS) is 11.7. The smallest absolute Gasteiger partial charge is 0.236 e. The molecule has 0 unspecified atom stereocenters. The zero-order chi connectivity index (χ0) is 14.9. The van der Waals surface area contributed by atoms with Crippen LogP contribution in [0.4, 0.5) is 10.1 Å². The van der Waals surface area contributed by atoms with E-state index in [0.717, 1.165) is 5.52 Å². The van der Waals surface area contributed by atoms with Crippen LogP contribution in [0, 0.1) is 5.82 Å². The first kappa shape index (κ1) is 13.6. The van der Waals surface area contributed by atoms with E-state index in [2.05, 4.69) is 9.82 Å². The Morgan fingerprint density at radius 3 is 2.67 bits per heavy atom. The number of anilines is 1. The SMILES string of the molecule is O=S(=O)(Cc1ccc(F)cc1)Nc1ccn2nccc2c1. The van der Waals surface area contributed by atoms with Gasteiger partial charge in [0.2, 0.25) is 10.0 Å². The van der Waals surface area contributed by atoms with Gasteiger partial charge in [0.25, 0.3) is 0 Å². The third-order valence-electron chi connectivity index (χ3n) is 2.94. The Morgan fingerprint density at radius 2 is 1.90 bits per heavy atom. The molecule has 0 aliphatic heterocycles. The quantitative estimate of drug-likeness (QED) is 0.805. The lowest BCUT2D eigenvalue weighted by Gasteiger charge is -2.08. The largest absolute Gasteiger partial charge is 0.283 e. The number of hydrogen-bond acceptors (Lipinski definition) is 3. The summed E-state index contributed by atoms with van der Waals surface area (Å²) in [5, 5.41) is 4.04. The number of sulfonamides is 1. The molecule has 0 spiro atoms. The van der Waals surface area contributed by atoms with E-state index in [0.29, 0.717) is 11.3 Å². The van der Waals surface area contributed by atoms with E-state index in [9.17, 15) is 12.8 Å². The average Bonchev–Trinajstić information content (AvgIpc) is 2.88. The monoisotopic (exact) mass is 305 g/mol. The highest BCUT2D eigenvalue weighted by molar-refractivity contribution is 7.91. The number of halogens is 1. The molecule has 1 aromatic carbocycles. The molecule has 2 aromatic heterocycles. The fourth-order valence-electron chi connectivity index (χ4n) is 2.00. The summed E-state index contributed by atoms with van der Waals surface area (Å²) in [6, 6.07) is 10.5. The average molecular weight is 305 g/mol. The lowest BCUT2D eigenvalue weighted by Crippen LogP contribution is -2.15. The minimum absolute atomic E-state index is 0.211. The number of fused-ring (bicyclic) bond motifs is 1. The molecule has 2 heterocycles. The van der Waals surface area contributed by atoms with E-state index in [-0.39, 0.29) is 5.75 Å². The Hall–Kier alpha value is -2.41. The van der Waals surface area contributed by atoms with Crippen molar-refractivity contribution in [3.63, 3.8) is 0 Å². The Bertz CT molecular complexity index is 873. The molecule has 0 atom stereocenters. The first-order valence-electron chi connectivity index (χ1n) is 6.20. The molecule has 0 saturated carbocycles. The van der Waals surface area contributed by atoms with Gasteiger partial charge < -0.3 is 0 Å². The summed E-state index contributed by atoms with van der Waals surface area (Å²) in [5.41, 5.74) is 1.77. The van der Waals surface area contributed by atoms with Crippen LogP contribution in [0.15, 0.2) is 54.9 Å². The van der Waals surface area contributed by atoms with Crippen molar-refractivity contribution in [2.75, 3.05) is 4.72 Å². The van der Waals surface area contributed by atoms with Gasteiger partial charge in [-0.2, -0.15) is 5.10 Å².